The highest BCUT2D eigenvalue weighted by Gasteiger charge is 2.20. The third-order valence-corrected chi connectivity index (χ3v) is 4.20. The molecule has 0 saturated heterocycles. The van der Waals surface area contributed by atoms with Crippen LogP contribution in [0.4, 0.5) is 0 Å². The Balaban J connectivity index is 1.89. The minimum Gasteiger partial charge on any atom is -0.507 e. The number of hydrogen-bond acceptors (Lipinski definition) is 2. The van der Waals surface area contributed by atoms with E-state index >= 15 is 0 Å². The number of amides is 1. The van der Waals surface area contributed by atoms with Crippen molar-refractivity contribution in [3.05, 3.63) is 28.8 Å². The highest BCUT2D eigenvalue weighted by Crippen LogP contribution is 2.27. The predicted molar refractivity (Wildman–Crippen MR) is 77.0 cm³/mol. The average Bonchev–Trinajstić information content (AvgIpc) is 2.40. The van der Waals surface area contributed by atoms with Crippen LogP contribution in [0.5, 0.6) is 5.75 Å². The molecule has 0 aromatic heterocycles. The highest BCUT2D eigenvalue weighted by molar-refractivity contribution is 6.31. The molecule has 0 unspecified atom stereocenters. The summed E-state index contributed by atoms with van der Waals surface area (Å²) in [4.78, 5) is 12.0. The van der Waals surface area contributed by atoms with Gasteiger partial charge in [-0.1, -0.05) is 11.6 Å². The topological polar surface area (TPSA) is 49.3 Å². The van der Waals surface area contributed by atoms with Gasteiger partial charge in [0.2, 0.25) is 0 Å². The molecule has 2 rings (SSSR count). The van der Waals surface area contributed by atoms with E-state index in [4.69, 9.17) is 23.2 Å². The minimum absolute atomic E-state index is 0.0497. The zero-order valence-corrected chi connectivity index (χ0v) is 12.0. The van der Waals surface area contributed by atoms with E-state index < -0.39 is 0 Å². The van der Waals surface area contributed by atoms with Gasteiger partial charge in [0.15, 0.2) is 0 Å². The number of phenolic OH excluding ortho intramolecular Hbond substituents is 1. The smallest absolute Gasteiger partial charge is 0.255 e. The summed E-state index contributed by atoms with van der Waals surface area (Å²) in [7, 11) is 0. The van der Waals surface area contributed by atoms with Gasteiger partial charge in [0.25, 0.3) is 5.91 Å². The quantitative estimate of drug-likeness (QED) is 0.839. The monoisotopic (exact) mass is 301 g/mol. The molecule has 0 bridgehead atoms. The van der Waals surface area contributed by atoms with Crippen LogP contribution in [0.1, 0.15) is 36.0 Å². The third kappa shape index (κ3) is 4.02. The summed E-state index contributed by atoms with van der Waals surface area (Å²) in [6.45, 7) is 0.619. The Bertz CT molecular complexity index is 457. The van der Waals surface area contributed by atoms with Gasteiger partial charge in [0, 0.05) is 16.9 Å². The van der Waals surface area contributed by atoms with Crippen LogP contribution in [0.25, 0.3) is 0 Å². The summed E-state index contributed by atoms with van der Waals surface area (Å²) in [5.74, 6) is 0.139. The first-order chi connectivity index (χ1) is 9.06. The number of hydrogen-bond donors (Lipinski definition) is 2. The van der Waals surface area contributed by atoms with Crippen molar-refractivity contribution in [3.63, 3.8) is 0 Å². The number of nitrogens with one attached hydrogen (secondary N) is 1. The number of carbonyl (C=O) groups excluding carboxylic acids is 1. The van der Waals surface area contributed by atoms with Gasteiger partial charge in [-0.25, -0.2) is 0 Å². The fourth-order valence-electron chi connectivity index (χ4n) is 2.35. The van der Waals surface area contributed by atoms with Gasteiger partial charge >= 0.3 is 0 Å². The first-order valence-corrected chi connectivity index (χ1v) is 7.28. The van der Waals surface area contributed by atoms with Gasteiger partial charge in [-0.3, -0.25) is 4.79 Å². The maximum absolute atomic E-state index is 12.0. The molecule has 0 spiro atoms. The number of carbonyl (C=O) groups is 1. The zero-order valence-electron chi connectivity index (χ0n) is 10.5. The van der Waals surface area contributed by atoms with E-state index in [0.29, 0.717) is 17.5 Å². The normalized spacial score (nSPS) is 23.1. The van der Waals surface area contributed by atoms with Crippen LogP contribution in [0.15, 0.2) is 18.2 Å². The fourth-order valence-corrected chi connectivity index (χ4v) is 2.77. The summed E-state index contributed by atoms with van der Waals surface area (Å²) in [6.07, 6.45) is 4.08. The van der Waals surface area contributed by atoms with Crippen molar-refractivity contribution in [1.29, 1.82) is 0 Å². The standard InChI is InChI=1S/C14H17Cl2NO2/c15-10-3-1-9(2-4-10)8-17-14(19)12-7-11(16)5-6-13(12)18/h5-7,9-10,18H,1-4,8H2,(H,17,19). The average molecular weight is 302 g/mol. The lowest BCUT2D eigenvalue weighted by atomic mass is 9.89. The van der Waals surface area contributed by atoms with Crippen LogP contribution >= 0.6 is 23.2 Å². The molecule has 19 heavy (non-hydrogen) atoms. The van der Waals surface area contributed by atoms with Gasteiger partial charge in [-0.2, -0.15) is 0 Å². The molecule has 1 aromatic rings. The summed E-state index contributed by atoms with van der Waals surface area (Å²) >= 11 is 11.9. The number of benzene rings is 1. The number of phenols is 1. The van der Waals surface area contributed by atoms with Crippen molar-refractivity contribution in [2.24, 2.45) is 5.92 Å². The second-order valence-corrected chi connectivity index (χ2v) is 6.04. The number of alkyl halides is 1. The summed E-state index contributed by atoms with van der Waals surface area (Å²) in [5, 5.41) is 13.2. The highest BCUT2D eigenvalue weighted by atomic mass is 35.5. The van der Waals surface area contributed by atoms with E-state index in [0.717, 1.165) is 25.7 Å². The molecule has 1 aliphatic rings. The molecule has 3 nitrogen and oxygen atoms in total. The fraction of sp³-hybridized carbons (Fsp3) is 0.500. The van der Waals surface area contributed by atoms with Crippen LogP contribution in [0.3, 0.4) is 0 Å². The molecule has 1 aromatic carbocycles. The number of aromatic hydroxyl groups is 1. The third-order valence-electron chi connectivity index (χ3n) is 3.53. The van der Waals surface area contributed by atoms with Gasteiger partial charge in [-0.05, 0) is 49.8 Å². The predicted octanol–water partition coefficient (Wildman–Crippen LogP) is 3.57. The Kier molecular flexibility index (Phi) is 4.94. The molecule has 2 N–H and O–H groups in total. The molecule has 5 heteroatoms. The molecule has 104 valence electrons. The second-order valence-electron chi connectivity index (χ2n) is 4.99. The van der Waals surface area contributed by atoms with E-state index in [1.54, 1.807) is 6.07 Å². The Morgan fingerprint density at radius 2 is 2.00 bits per heavy atom. The van der Waals surface area contributed by atoms with Crippen molar-refractivity contribution in [3.8, 4) is 5.75 Å². The summed E-state index contributed by atoms with van der Waals surface area (Å²) in [6, 6.07) is 4.45. The zero-order chi connectivity index (χ0) is 13.8. The van der Waals surface area contributed by atoms with E-state index in [2.05, 4.69) is 5.32 Å². The Morgan fingerprint density at radius 3 is 2.68 bits per heavy atom. The maximum Gasteiger partial charge on any atom is 0.255 e. The van der Waals surface area contributed by atoms with Crippen LogP contribution < -0.4 is 5.32 Å². The molecule has 1 aliphatic carbocycles. The SMILES string of the molecule is O=C(NCC1CCC(Cl)CC1)c1cc(Cl)ccc1O. The van der Waals surface area contributed by atoms with Crippen LogP contribution in [-0.2, 0) is 0 Å². The van der Waals surface area contributed by atoms with Crippen LogP contribution in [0.2, 0.25) is 5.02 Å². The molecular weight excluding hydrogens is 285 g/mol. The van der Waals surface area contributed by atoms with E-state index in [1.807, 2.05) is 0 Å². The first-order valence-electron chi connectivity index (χ1n) is 6.47. The van der Waals surface area contributed by atoms with Crippen molar-refractivity contribution in [2.75, 3.05) is 6.54 Å². The lowest BCUT2D eigenvalue weighted by molar-refractivity contribution is 0.0941. The molecule has 0 radical (unpaired) electrons. The second kappa shape index (κ2) is 6.49. The Labute approximate surface area is 122 Å². The van der Waals surface area contributed by atoms with Crippen LogP contribution in [-0.4, -0.2) is 22.9 Å². The molecule has 0 aliphatic heterocycles. The maximum atomic E-state index is 12.0. The van der Waals surface area contributed by atoms with Crippen molar-refractivity contribution >= 4 is 29.1 Å². The largest absolute Gasteiger partial charge is 0.507 e. The summed E-state index contributed by atoms with van der Waals surface area (Å²) in [5.41, 5.74) is 0.221. The molecule has 0 heterocycles. The lowest BCUT2D eigenvalue weighted by Crippen LogP contribution is -2.31. The van der Waals surface area contributed by atoms with E-state index in [-0.39, 0.29) is 22.6 Å². The van der Waals surface area contributed by atoms with Crippen LogP contribution in [0, 0.1) is 5.92 Å². The molecule has 1 fully saturated rings. The number of halogens is 2. The van der Waals surface area contributed by atoms with Crippen molar-refractivity contribution < 1.29 is 9.90 Å². The minimum atomic E-state index is -0.284. The van der Waals surface area contributed by atoms with Crippen molar-refractivity contribution in [1.82, 2.24) is 5.32 Å². The lowest BCUT2D eigenvalue weighted by Gasteiger charge is -2.25. The molecule has 1 saturated carbocycles. The van der Waals surface area contributed by atoms with Gasteiger partial charge < -0.3 is 10.4 Å². The van der Waals surface area contributed by atoms with Gasteiger partial charge in [0.1, 0.15) is 5.75 Å². The van der Waals surface area contributed by atoms with E-state index in [9.17, 15) is 9.90 Å². The van der Waals surface area contributed by atoms with Gasteiger partial charge in [0.05, 0.1) is 5.56 Å². The van der Waals surface area contributed by atoms with Gasteiger partial charge in [-0.15, -0.1) is 11.6 Å². The molecule has 0 atom stereocenters. The molecular formula is C14H17Cl2NO2. The van der Waals surface area contributed by atoms with Crippen molar-refractivity contribution in [2.45, 2.75) is 31.1 Å². The number of rotatable bonds is 3. The summed E-state index contributed by atoms with van der Waals surface area (Å²) < 4.78 is 0. The Hall–Kier alpha value is -0.930. The Morgan fingerprint density at radius 1 is 1.32 bits per heavy atom. The van der Waals surface area contributed by atoms with E-state index in [1.165, 1.54) is 12.1 Å². The first kappa shape index (κ1) is 14.5. The molecule has 1 amide bonds.